The molecule has 0 amide bonds. The average Bonchev–Trinajstić information content (AvgIpc) is 2.24. The van der Waals surface area contributed by atoms with Crippen LogP contribution in [0.5, 0.6) is 0 Å². The molecule has 2 bridgehead atoms. The zero-order valence-corrected chi connectivity index (χ0v) is 7.23. The normalized spacial score (nSPS) is 49.6. The second-order valence-corrected chi connectivity index (χ2v) is 4.28. The quantitative estimate of drug-likeness (QED) is 0.622. The predicted molar refractivity (Wildman–Crippen MR) is 44.4 cm³/mol. The van der Waals surface area contributed by atoms with Crippen LogP contribution in [0, 0.1) is 0 Å². The Balaban J connectivity index is 2.17. The number of hydrogen-bond acceptors (Lipinski definition) is 2. The second-order valence-electron chi connectivity index (χ2n) is 4.28. The van der Waals surface area contributed by atoms with E-state index >= 15 is 0 Å². The lowest BCUT2D eigenvalue weighted by molar-refractivity contribution is -0.0289. The van der Waals surface area contributed by atoms with Gasteiger partial charge in [-0.2, -0.15) is 0 Å². The van der Waals surface area contributed by atoms with Gasteiger partial charge in [0.2, 0.25) is 0 Å². The van der Waals surface area contributed by atoms with Gasteiger partial charge in [-0.15, -0.1) is 0 Å². The minimum absolute atomic E-state index is 0.133. The Morgan fingerprint density at radius 1 is 1.18 bits per heavy atom. The fraction of sp³-hybridized carbons (Fsp3) is 1.00. The maximum absolute atomic E-state index is 6.18. The smallest absolute Gasteiger partial charge is 0.0697 e. The molecule has 2 heteroatoms. The molecule has 0 saturated heterocycles. The Morgan fingerprint density at radius 3 is 2.64 bits per heavy atom. The van der Waals surface area contributed by atoms with Gasteiger partial charge >= 0.3 is 0 Å². The summed E-state index contributed by atoms with van der Waals surface area (Å²) < 4.78 is 5.55. The van der Waals surface area contributed by atoms with E-state index in [9.17, 15) is 0 Å². The summed E-state index contributed by atoms with van der Waals surface area (Å²) >= 11 is 0. The summed E-state index contributed by atoms with van der Waals surface area (Å²) in [7, 11) is 1.83. The third-order valence-electron chi connectivity index (χ3n) is 3.49. The van der Waals surface area contributed by atoms with Crippen LogP contribution in [-0.4, -0.2) is 18.2 Å². The van der Waals surface area contributed by atoms with Crippen molar-refractivity contribution in [2.75, 3.05) is 7.11 Å². The van der Waals surface area contributed by atoms with Crippen molar-refractivity contribution in [2.24, 2.45) is 5.73 Å². The lowest BCUT2D eigenvalue weighted by Crippen LogP contribution is -2.44. The van der Waals surface area contributed by atoms with Crippen molar-refractivity contribution in [2.45, 2.75) is 49.7 Å². The van der Waals surface area contributed by atoms with E-state index in [0.29, 0.717) is 0 Å². The van der Waals surface area contributed by atoms with Gasteiger partial charge in [-0.1, -0.05) is 0 Å². The topological polar surface area (TPSA) is 35.2 Å². The summed E-state index contributed by atoms with van der Waals surface area (Å²) in [6, 6.07) is 0. The Morgan fingerprint density at radius 2 is 2.00 bits per heavy atom. The molecule has 2 rings (SSSR count). The fourth-order valence-electron chi connectivity index (χ4n) is 2.76. The molecule has 2 unspecified atom stereocenters. The summed E-state index contributed by atoms with van der Waals surface area (Å²) in [5.41, 5.74) is 6.49. The summed E-state index contributed by atoms with van der Waals surface area (Å²) in [4.78, 5) is 0. The Hall–Kier alpha value is -0.0800. The first kappa shape index (κ1) is 7.56. The summed E-state index contributed by atoms with van der Waals surface area (Å²) in [5, 5.41) is 0. The zero-order valence-electron chi connectivity index (χ0n) is 7.23. The maximum atomic E-state index is 6.18. The van der Waals surface area contributed by atoms with Gasteiger partial charge < -0.3 is 10.5 Å². The van der Waals surface area contributed by atoms with Gasteiger partial charge in [-0.05, 0) is 38.5 Å². The molecule has 0 aromatic rings. The third-order valence-corrected chi connectivity index (χ3v) is 3.49. The molecule has 2 atom stereocenters. The van der Waals surface area contributed by atoms with Gasteiger partial charge in [0.05, 0.1) is 5.60 Å². The van der Waals surface area contributed by atoms with E-state index in [0.717, 1.165) is 6.42 Å². The van der Waals surface area contributed by atoms with Crippen molar-refractivity contribution in [3.63, 3.8) is 0 Å². The van der Waals surface area contributed by atoms with Crippen molar-refractivity contribution in [3.8, 4) is 0 Å². The monoisotopic (exact) mass is 155 g/mol. The van der Waals surface area contributed by atoms with Crippen LogP contribution in [-0.2, 0) is 4.74 Å². The fourth-order valence-corrected chi connectivity index (χ4v) is 2.76. The molecule has 0 aliphatic heterocycles. The molecule has 0 radical (unpaired) electrons. The van der Waals surface area contributed by atoms with E-state index in [2.05, 4.69) is 0 Å². The maximum Gasteiger partial charge on any atom is 0.0697 e. The van der Waals surface area contributed by atoms with Gasteiger partial charge in [0.25, 0.3) is 0 Å². The van der Waals surface area contributed by atoms with Gasteiger partial charge in [-0.3, -0.25) is 0 Å². The van der Waals surface area contributed by atoms with E-state index < -0.39 is 0 Å². The van der Waals surface area contributed by atoms with Gasteiger partial charge in [-0.25, -0.2) is 0 Å². The predicted octanol–water partition coefficient (Wildman–Crippen LogP) is 1.44. The van der Waals surface area contributed by atoms with Crippen molar-refractivity contribution >= 4 is 0 Å². The number of methoxy groups -OCH3 is 1. The van der Waals surface area contributed by atoms with Crippen LogP contribution < -0.4 is 5.73 Å². The first-order chi connectivity index (χ1) is 5.18. The van der Waals surface area contributed by atoms with Crippen molar-refractivity contribution in [3.05, 3.63) is 0 Å². The van der Waals surface area contributed by atoms with E-state index in [1.54, 1.807) is 0 Å². The molecule has 11 heavy (non-hydrogen) atoms. The molecule has 2 aliphatic rings. The van der Waals surface area contributed by atoms with Crippen molar-refractivity contribution in [1.82, 2.24) is 0 Å². The minimum Gasteiger partial charge on any atom is -0.378 e. The van der Waals surface area contributed by atoms with Crippen LogP contribution >= 0.6 is 0 Å². The molecule has 2 saturated carbocycles. The highest BCUT2D eigenvalue weighted by atomic mass is 16.5. The first-order valence-electron chi connectivity index (χ1n) is 4.52. The molecule has 2 nitrogen and oxygen atoms in total. The molecule has 0 spiro atoms. The molecule has 2 aliphatic carbocycles. The first-order valence-corrected chi connectivity index (χ1v) is 4.52. The van der Waals surface area contributed by atoms with Crippen LogP contribution in [0.2, 0.25) is 0 Å². The number of rotatable bonds is 1. The summed E-state index contributed by atoms with van der Waals surface area (Å²) in [6.45, 7) is 0. The van der Waals surface area contributed by atoms with E-state index in [-0.39, 0.29) is 11.1 Å². The molecule has 0 aromatic carbocycles. The highest BCUT2D eigenvalue weighted by Crippen LogP contribution is 2.48. The highest BCUT2D eigenvalue weighted by molar-refractivity contribution is 5.06. The van der Waals surface area contributed by atoms with Crippen LogP contribution in [0.4, 0.5) is 0 Å². The molecular weight excluding hydrogens is 138 g/mol. The van der Waals surface area contributed by atoms with Crippen LogP contribution in [0.1, 0.15) is 38.5 Å². The zero-order chi connectivity index (χ0) is 7.95. The van der Waals surface area contributed by atoms with Gasteiger partial charge in [0, 0.05) is 12.6 Å². The molecule has 2 fully saturated rings. The summed E-state index contributed by atoms with van der Waals surface area (Å²) in [5.74, 6) is 0. The van der Waals surface area contributed by atoms with Crippen LogP contribution in [0.15, 0.2) is 0 Å². The minimum atomic E-state index is 0.133. The number of ether oxygens (including phenoxy) is 1. The summed E-state index contributed by atoms with van der Waals surface area (Å²) in [6.07, 6.45) is 7.13. The highest BCUT2D eigenvalue weighted by Gasteiger charge is 2.49. The number of fused-ring (bicyclic) bond motifs is 2. The van der Waals surface area contributed by atoms with Crippen LogP contribution in [0.3, 0.4) is 0 Å². The van der Waals surface area contributed by atoms with E-state index in [1.165, 1.54) is 32.1 Å². The Bertz CT molecular complexity index is 171. The SMILES string of the molecule is COC12CCCC(N)(CC1)C2. The molecule has 2 N–H and O–H groups in total. The average molecular weight is 155 g/mol. The molecule has 0 aromatic heterocycles. The van der Waals surface area contributed by atoms with Gasteiger partial charge in [0.15, 0.2) is 0 Å². The third kappa shape index (κ3) is 1.09. The van der Waals surface area contributed by atoms with Crippen LogP contribution in [0.25, 0.3) is 0 Å². The standard InChI is InChI=1S/C9H17NO/c1-11-9-4-2-3-8(10,7-9)5-6-9/h2-7,10H2,1H3. The molecular formula is C9H17NO. The Kier molecular flexibility index (Phi) is 1.52. The second kappa shape index (κ2) is 2.20. The largest absolute Gasteiger partial charge is 0.378 e. The Labute approximate surface area is 68.1 Å². The van der Waals surface area contributed by atoms with E-state index in [4.69, 9.17) is 10.5 Å². The molecule has 64 valence electrons. The lowest BCUT2D eigenvalue weighted by Gasteiger charge is -2.36. The van der Waals surface area contributed by atoms with E-state index in [1.807, 2.05) is 7.11 Å². The van der Waals surface area contributed by atoms with Gasteiger partial charge in [0.1, 0.15) is 0 Å². The number of hydrogen-bond donors (Lipinski definition) is 1. The number of nitrogens with two attached hydrogens (primary N) is 1. The van der Waals surface area contributed by atoms with Crippen molar-refractivity contribution in [1.29, 1.82) is 0 Å². The lowest BCUT2D eigenvalue weighted by atomic mass is 9.81. The molecule has 0 heterocycles. The van der Waals surface area contributed by atoms with Crippen molar-refractivity contribution < 1.29 is 4.74 Å².